The molecule has 0 fully saturated rings. The second kappa shape index (κ2) is 9.25. The third-order valence-corrected chi connectivity index (χ3v) is 4.01. The normalized spacial score (nSPS) is 11.5. The molecule has 0 aliphatic carbocycles. The fourth-order valence-electron chi connectivity index (χ4n) is 2.31. The molecule has 5 nitrogen and oxygen atoms in total. The highest BCUT2D eigenvalue weighted by atomic mass is 35.5. The molecular weight excluding hydrogens is 354 g/mol. The molecule has 0 saturated heterocycles. The first-order chi connectivity index (χ1) is 12.4. The molecule has 138 valence electrons. The van der Waals surface area contributed by atoms with Crippen LogP contribution in [0.25, 0.3) is 0 Å². The van der Waals surface area contributed by atoms with E-state index in [0.29, 0.717) is 35.1 Å². The summed E-state index contributed by atoms with van der Waals surface area (Å²) in [6.45, 7) is 5.75. The third kappa shape index (κ3) is 5.23. The van der Waals surface area contributed by atoms with Crippen molar-refractivity contribution in [1.82, 2.24) is 0 Å². The molecule has 2 aromatic carbocycles. The van der Waals surface area contributed by atoms with Crippen LogP contribution in [0, 0.1) is 6.92 Å². The summed E-state index contributed by atoms with van der Waals surface area (Å²) in [6.07, 6.45) is -0.174. The van der Waals surface area contributed by atoms with E-state index in [1.54, 1.807) is 49.4 Å². The predicted molar refractivity (Wildman–Crippen MR) is 102 cm³/mol. The lowest BCUT2D eigenvalue weighted by atomic mass is 10.1. The number of halogens is 1. The van der Waals surface area contributed by atoms with Gasteiger partial charge in [-0.15, -0.1) is 0 Å². The number of amides is 1. The lowest BCUT2D eigenvalue weighted by molar-refractivity contribution is -0.122. The highest BCUT2D eigenvalue weighted by Crippen LogP contribution is 2.21. The van der Waals surface area contributed by atoms with Gasteiger partial charge in [0.1, 0.15) is 5.75 Å². The summed E-state index contributed by atoms with van der Waals surface area (Å²) in [5.74, 6) is -0.146. The zero-order valence-electron chi connectivity index (χ0n) is 15.0. The number of hydrogen-bond donors (Lipinski definition) is 1. The van der Waals surface area contributed by atoms with Crippen molar-refractivity contribution in [1.29, 1.82) is 0 Å². The van der Waals surface area contributed by atoms with Gasteiger partial charge in [-0.1, -0.05) is 24.6 Å². The molecule has 0 bridgehead atoms. The Kier molecular flexibility index (Phi) is 7.04. The van der Waals surface area contributed by atoms with Crippen LogP contribution >= 0.6 is 11.6 Å². The molecule has 1 amide bonds. The van der Waals surface area contributed by atoms with Crippen molar-refractivity contribution in [3.05, 3.63) is 58.6 Å². The van der Waals surface area contributed by atoms with Crippen molar-refractivity contribution in [2.24, 2.45) is 0 Å². The Balaban J connectivity index is 2.12. The van der Waals surface area contributed by atoms with Gasteiger partial charge in [-0.25, -0.2) is 4.79 Å². The summed E-state index contributed by atoms with van der Waals surface area (Å²) < 4.78 is 10.7. The monoisotopic (exact) mass is 375 g/mol. The molecule has 26 heavy (non-hydrogen) atoms. The lowest BCUT2D eigenvalue weighted by Gasteiger charge is -2.18. The summed E-state index contributed by atoms with van der Waals surface area (Å²) in [7, 11) is 0. The molecule has 0 aromatic heterocycles. The third-order valence-electron chi connectivity index (χ3n) is 3.76. The number of carbonyl (C=O) groups excluding carboxylic acids is 2. The molecule has 1 N–H and O–H groups in total. The van der Waals surface area contributed by atoms with E-state index in [9.17, 15) is 9.59 Å². The smallest absolute Gasteiger partial charge is 0.338 e. The molecule has 2 aromatic rings. The zero-order valence-corrected chi connectivity index (χ0v) is 15.8. The SMILES string of the molecule is CCOC(=O)c1ccc(C)c(NC(=O)[C@@H](CC)Oc2ccc(Cl)cc2)c1. The standard InChI is InChI=1S/C20H22ClNO4/c1-4-18(26-16-10-8-15(21)9-11-16)19(23)22-17-12-14(7-6-13(17)3)20(24)25-5-2/h6-12,18H,4-5H2,1-3H3,(H,22,23)/t18-/m1/s1. The van der Waals surface area contributed by atoms with Gasteiger partial charge in [0.15, 0.2) is 6.10 Å². The van der Waals surface area contributed by atoms with Crippen molar-refractivity contribution in [2.45, 2.75) is 33.3 Å². The van der Waals surface area contributed by atoms with E-state index in [1.807, 2.05) is 13.8 Å². The highest BCUT2D eigenvalue weighted by Gasteiger charge is 2.20. The molecule has 2 rings (SSSR count). The minimum absolute atomic E-state index is 0.286. The van der Waals surface area contributed by atoms with Crippen molar-refractivity contribution in [3.8, 4) is 5.75 Å². The molecule has 6 heteroatoms. The average molecular weight is 376 g/mol. The number of ether oxygens (including phenoxy) is 2. The molecular formula is C20H22ClNO4. The van der Waals surface area contributed by atoms with E-state index in [1.165, 1.54) is 0 Å². The maximum absolute atomic E-state index is 12.6. The van der Waals surface area contributed by atoms with Gasteiger partial charge < -0.3 is 14.8 Å². The number of hydrogen-bond acceptors (Lipinski definition) is 4. The minimum atomic E-state index is -0.665. The number of carbonyl (C=O) groups is 2. The Labute approximate surface area is 158 Å². The molecule has 0 unspecified atom stereocenters. The minimum Gasteiger partial charge on any atom is -0.481 e. The maximum atomic E-state index is 12.6. The summed E-state index contributed by atoms with van der Waals surface area (Å²) in [6, 6.07) is 11.9. The molecule has 0 aliphatic heterocycles. The topological polar surface area (TPSA) is 64.6 Å². The van der Waals surface area contributed by atoms with Crippen LogP contribution in [0.1, 0.15) is 36.2 Å². The lowest BCUT2D eigenvalue weighted by Crippen LogP contribution is -2.32. The van der Waals surface area contributed by atoms with Gasteiger partial charge in [-0.2, -0.15) is 0 Å². The van der Waals surface area contributed by atoms with Crippen LogP contribution in [0.3, 0.4) is 0 Å². The number of benzene rings is 2. The van der Waals surface area contributed by atoms with Crippen LogP contribution in [0.4, 0.5) is 5.69 Å². The molecule has 0 spiro atoms. The van der Waals surface area contributed by atoms with Gasteiger partial charge in [0, 0.05) is 10.7 Å². The van der Waals surface area contributed by atoms with Crippen molar-refractivity contribution in [3.63, 3.8) is 0 Å². The molecule has 0 saturated carbocycles. The van der Waals surface area contributed by atoms with E-state index < -0.39 is 12.1 Å². The number of aryl methyl sites for hydroxylation is 1. The Hall–Kier alpha value is -2.53. The first kappa shape index (κ1) is 19.8. The zero-order chi connectivity index (χ0) is 19.1. The summed E-state index contributed by atoms with van der Waals surface area (Å²) >= 11 is 5.86. The van der Waals surface area contributed by atoms with Gasteiger partial charge in [0.05, 0.1) is 12.2 Å². The first-order valence-corrected chi connectivity index (χ1v) is 8.83. The number of esters is 1. The summed E-state index contributed by atoms with van der Waals surface area (Å²) in [4.78, 5) is 24.5. The van der Waals surface area contributed by atoms with Crippen LogP contribution in [0.2, 0.25) is 5.02 Å². The number of anilines is 1. The van der Waals surface area contributed by atoms with Crippen LogP contribution < -0.4 is 10.1 Å². The first-order valence-electron chi connectivity index (χ1n) is 8.45. The van der Waals surface area contributed by atoms with Gasteiger partial charge in [-0.3, -0.25) is 4.79 Å². The average Bonchev–Trinajstić information content (AvgIpc) is 2.63. The van der Waals surface area contributed by atoms with E-state index >= 15 is 0 Å². The van der Waals surface area contributed by atoms with E-state index in [-0.39, 0.29) is 5.91 Å². The largest absolute Gasteiger partial charge is 0.481 e. The van der Waals surface area contributed by atoms with Gasteiger partial charge in [0.25, 0.3) is 5.91 Å². The molecule has 1 atom stereocenters. The van der Waals surface area contributed by atoms with E-state index in [0.717, 1.165) is 5.56 Å². The van der Waals surface area contributed by atoms with Crippen LogP contribution in [-0.4, -0.2) is 24.6 Å². The van der Waals surface area contributed by atoms with Gasteiger partial charge in [0.2, 0.25) is 0 Å². The van der Waals surface area contributed by atoms with Crippen molar-refractivity contribution >= 4 is 29.2 Å². The number of nitrogens with one attached hydrogen (secondary N) is 1. The maximum Gasteiger partial charge on any atom is 0.338 e. The summed E-state index contributed by atoms with van der Waals surface area (Å²) in [5, 5.41) is 3.43. The van der Waals surface area contributed by atoms with Crippen LogP contribution in [-0.2, 0) is 9.53 Å². The highest BCUT2D eigenvalue weighted by molar-refractivity contribution is 6.30. The van der Waals surface area contributed by atoms with Gasteiger partial charge in [-0.05, 0) is 62.2 Å². The molecule has 0 radical (unpaired) electrons. The van der Waals surface area contributed by atoms with Crippen LogP contribution in [0.15, 0.2) is 42.5 Å². The molecule has 0 aliphatic rings. The summed E-state index contributed by atoms with van der Waals surface area (Å²) in [5.41, 5.74) is 1.78. The van der Waals surface area contributed by atoms with E-state index in [2.05, 4.69) is 5.32 Å². The fraction of sp³-hybridized carbons (Fsp3) is 0.300. The Morgan fingerprint density at radius 2 is 1.81 bits per heavy atom. The second-order valence-electron chi connectivity index (χ2n) is 5.71. The molecule has 0 heterocycles. The van der Waals surface area contributed by atoms with Crippen LogP contribution in [0.5, 0.6) is 5.75 Å². The second-order valence-corrected chi connectivity index (χ2v) is 6.14. The van der Waals surface area contributed by atoms with Crippen molar-refractivity contribution in [2.75, 3.05) is 11.9 Å². The van der Waals surface area contributed by atoms with Crippen molar-refractivity contribution < 1.29 is 19.1 Å². The Bertz CT molecular complexity index is 774. The quantitative estimate of drug-likeness (QED) is 0.717. The Morgan fingerprint density at radius 1 is 1.12 bits per heavy atom. The van der Waals surface area contributed by atoms with E-state index in [4.69, 9.17) is 21.1 Å². The number of rotatable bonds is 7. The fourth-order valence-corrected chi connectivity index (χ4v) is 2.44. The Morgan fingerprint density at radius 3 is 2.42 bits per heavy atom. The van der Waals surface area contributed by atoms with Gasteiger partial charge >= 0.3 is 5.97 Å². The predicted octanol–water partition coefficient (Wildman–Crippen LogP) is 4.62.